The molecule has 0 N–H and O–H groups in total. The average Bonchev–Trinajstić information content (AvgIpc) is 3.34. The van der Waals surface area contributed by atoms with E-state index in [1.807, 2.05) is 0 Å². The molecule has 166 valence electrons. The molecule has 2 aromatic rings. The lowest BCUT2D eigenvalue weighted by Gasteiger charge is -2.31. The van der Waals surface area contributed by atoms with Gasteiger partial charge in [-0.25, -0.2) is 0 Å². The van der Waals surface area contributed by atoms with Crippen LogP contribution in [0, 0.1) is 16.0 Å². The number of carbonyl (C=O) groups is 3. The van der Waals surface area contributed by atoms with Crippen molar-refractivity contribution in [2.45, 2.75) is 19.8 Å². The molecule has 0 radical (unpaired) electrons. The summed E-state index contributed by atoms with van der Waals surface area (Å²) in [6.45, 7) is 3.15. The van der Waals surface area contributed by atoms with E-state index in [1.165, 1.54) is 18.2 Å². The number of nitrogens with zero attached hydrogens (tertiary/aromatic N) is 3. The second kappa shape index (κ2) is 8.99. The molecule has 2 aliphatic rings. The van der Waals surface area contributed by atoms with Gasteiger partial charge in [0.1, 0.15) is 18.1 Å². The molecule has 2 fully saturated rings. The Morgan fingerprint density at radius 1 is 1.25 bits per heavy atom. The molecule has 3 heterocycles. The minimum atomic E-state index is -0.535. The molecule has 1 aromatic heterocycles. The van der Waals surface area contributed by atoms with E-state index in [0.29, 0.717) is 36.1 Å². The molecule has 1 aromatic carbocycles. The highest BCUT2D eigenvalue weighted by atomic mass is 32.2. The number of likely N-dealkylation sites (tertiary alicyclic amines) is 1. The van der Waals surface area contributed by atoms with Gasteiger partial charge in [-0.05, 0) is 42.7 Å². The topological polar surface area (TPSA) is 114 Å². The van der Waals surface area contributed by atoms with Crippen LogP contribution in [0.5, 0.6) is 0 Å². The van der Waals surface area contributed by atoms with Gasteiger partial charge in [-0.2, -0.15) is 0 Å². The number of nitro groups is 1. The van der Waals surface area contributed by atoms with Crippen LogP contribution in [0.4, 0.5) is 10.5 Å². The number of nitro benzene ring substituents is 1. The fraction of sp³-hybridized carbons (Fsp3) is 0.318. The Balaban J connectivity index is 1.46. The van der Waals surface area contributed by atoms with Gasteiger partial charge in [0.15, 0.2) is 0 Å². The van der Waals surface area contributed by atoms with Crippen LogP contribution in [0.2, 0.25) is 0 Å². The summed E-state index contributed by atoms with van der Waals surface area (Å²) >= 11 is 0.756. The number of benzene rings is 1. The van der Waals surface area contributed by atoms with Gasteiger partial charge in [0.2, 0.25) is 5.91 Å². The summed E-state index contributed by atoms with van der Waals surface area (Å²) in [6.07, 6.45) is 3.27. The van der Waals surface area contributed by atoms with Crippen molar-refractivity contribution < 1.29 is 23.7 Å². The summed E-state index contributed by atoms with van der Waals surface area (Å²) in [6, 6.07) is 9.26. The Kier molecular flexibility index (Phi) is 6.13. The zero-order valence-electron chi connectivity index (χ0n) is 17.4. The van der Waals surface area contributed by atoms with E-state index in [9.17, 15) is 24.5 Å². The van der Waals surface area contributed by atoms with E-state index in [4.69, 9.17) is 4.42 Å². The summed E-state index contributed by atoms with van der Waals surface area (Å²) in [4.78, 5) is 50.9. The van der Waals surface area contributed by atoms with Crippen LogP contribution in [0.25, 0.3) is 17.4 Å². The van der Waals surface area contributed by atoms with Crippen LogP contribution in [0.15, 0.2) is 45.7 Å². The van der Waals surface area contributed by atoms with Crippen LogP contribution in [0.3, 0.4) is 0 Å². The van der Waals surface area contributed by atoms with E-state index in [0.717, 1.165) is 29.5 Å². The highest BCUT2D eigenvalue weighted by Crippen LogP contribution is 2.34. The third-order valence-electron chi connectivity index (χ3n) is 5.54. The molecule has 0 aliphatic carbocycles. The van der Waals surface area contributed by atoms with E-state index < -0.39 is 16.1 Å². The van der Waals surface area contributed by atoms with E-state index in [1.54, 1.807) is 29.2 Å². The van der Waals surface area contributed by atoms with Gasteiger partial charge in [-0.3, -0.25) is 29.4 Å². The van der Waals surface area contributed by atoms with Crippen LogP contribution in [-0.4, -0.2) is 51.4 Å². The van der Waals surface area contributed by atoms with Crippen molar-refractivity contribution in [2.75, 3.05) is 19.6 Å². The number of thioether (sulfide) groups is 1. The lowest BCUT2D eigenvalue weighted by Crippen LogP contribution is -2.45. The van der Waals surface area contributed by atoms with Crippen LogP contribution < -0.4 is 0 Å². The summed E-state index contributed by atoms with van der Waals surface area (Å²) in [7, 11) is 0. The molecule has 32 heavy (non-hydrogen) atoms. The Morgan fingerprint density at radius 3 is 2.72 bits per heavy atom. The van der Waals surface area contributed by atoms with Gasteiger partial charge in [0, 0.05) is 36.9 Å². The van der Waals surface area contributed by atoms with Gasteiger partial charge in [-0.15, -0.1) is 0 Å². The Bertz CT molecular complexity index is 1120. The normalized spacial score (nSPS) is 18.6. The molecule has 9 nitrogen and oxygen atoms in total. The number of hydrogen-bond donors (Lipinski definition) is 0. The van der Waals surface area contributed by atoms with E-state index in [2.05, 4.69) is 6.92 Å². The molecule has 0 bridgehead atoms. The molecular formula is C22H21N3O6S. The van der Waals surface area contributed by atoms with E-state index in [-0.39, 0.29) is 23.0 Å². The second-order valence-electron chi connectivity index (χ2n) is 7.84. The predicted octanol–water partition coefficient (Wildman–Crippen LogP) is 4.15. The Morgan fingerprint density at radius 2 is 2.00 bits per heavy atom. The number of imide groups is 1. The van der Waals surface area contributed by atoms with E-state index >= 15 is 0 Å². The molecule has 3 amide bonds. The SMILES string of the molecule is CC1CCN(C(=O)CN2C(=O)S/C(=C/c3ccc(-c4cccc([N+](=O)[O-])c4)o3)C2=O)CC1. The number of non-ortho nitro benzene ring substituents is 1. The van der Waals surface area contributed by atoms with Crippen molar-refractivity contribution in [3.05, 3.63) is 57.2 Å². The van der Waals surface area contributed by atoms with Crippen molar-refractivity contribution in [1.82, 2.24) is 9.80 Å². The molecule has 2 saturated heterocycles. The maximum absolute atomic E-state index is 12.7. The maximum atomic E-state index is 12.7. The summed E-state index contributed by atoms with van der Waals surface area (Å²) < 4.78 is 5.70. The third-order valence-corrected chi connectivity index (χ3v) is 6.45. The first-order chi connectivity index (χ1) is 15.3. The molecule has 0 saturated carbocycles. The molecule has 4 rings (SSSR count). The fourth-order valence-electron chi connectivity index (χ4n) is 3.62. The van der Waals surface area contributed by atoms with Crippen molar-refractivity contribution in [3.63, 3.8) is 0 Å². The largest absolute Gasteiger partial charge is 0.457 e. The first kappa shape index (κ1) is 21.8. The number of carbonyl (C=O) groups excluding carboxylic acids is 3. The third kappa shape index (κ3) is 4.59. The number of amides is 3. The Hall–Kier alpha value is -3.40. The summed E-state index contributed by atoms with van der Waals surface area (Å²) in [5.74, 6) is 0.528. The van der Waals surface area contributed by atoms with Crippen LogP contribution in [-0.2, 0) is 9.59 Å². The first-order valence-corrected chi connectivity index (χ1v) is 11.0. The van der Waals surface area contributed by atoms with Gasteiger partial charge in [0.05, 0.1) is 9.83 Å². The number of hydrogen-bond acceptors (Lipinski definition) is 7. The van der Waals surface area contributed by atoms with Crippen LogP contribution in [0.1, 0.15) is 25.5 Å². The van der Waals surface area contributed by atoms with Crippen molar-refractivity contribution in [1.29, 1.82) is 0 Å². The quantitative estimate of drug-likeness (QED) is 0.378. The molecule has 0 spiro atoms. The number of furan rings is 1. The highest BCUT2D eigenvalue weighted by molar-refractivity contribution is 8.18. The van der Waals surface area contributed by atoms with Crippen molar-refractivity contribution in [2.24, 2.45) is 5.92 Å². The predicted molar refractivity (Wildman–Crippen MR) is 118 cm³/mol. The minimum absolute atomic E-state index is 0.0607. The van der Waals surface area contributed by atoms with Gasteiger partial charge >= 0.3 is 0 Å². The second-order valence-corrected chi connectivity index (χ2v) is 8.83. The minimum Gasteiger partial charge on any atom is -0.457 e. The van der Waals surface area contributed by atoms with Crippen molar-refractivity contribution in [3.8, 4) is 11.3 Å². The lowest BCUT2D eigenvalue weighted by molar-refractivity contribution is -0.384. The molecule has 0 unspecified atom stereocenters. The summed E-state index contributed by atoms with van der Waals surface area (Å²) in [5.41, 5.74) is 0.461. The van der Waals surface area contributed by atoms with Gasteiger partial charge in [0.25, 0.3) is 16.8 Å². The standard InChI is InChI=1S/C22H21N3O6S/c1-14-7-9-23(10-8-14)20(26)13-24-21(27)19(32-22(24)28)12-17-5-6-18(31-17)15-3-2-4-16(11-15)25(29)30/h2-6,11-12,14H,7-10,13H2,1H3/b19-12+. The maximum Gasteiger partial charge on any atom is 0.294 e. The van der Waals surface area contributed by atoms with Crippen molar-refractivity contribution >= 4 is 40.6 Å². The Labute approximate surface area is 188 Å². The number of piperidine rings is 1. The molecule has 10 heteroatoms. The first-order valence-electron chi connectivity index (χ1n) is 10.2. The molecule has 0 atom stereocenters. The lowest BCUT2D eigenvalue weighted by atomic mass is 9.99. The zero-order chi connectivity index (χ0) is 22.8. The number of rotatable bonds is 5. The monoisotopic (exact) mass is 455 g/mol. The average molecular weight is 455 g/mol. The smallest absolute Gasteiger partial charge is 0.294 e. The highest BCUT2D eigenvalue weighted by Gasteiger charge is 2.37. The zero-order valence-corrected chi connectivity index (χ0v) is 18.2. The van der Waals surface area contributed by atoms with Gasteiger partial charge in [-0.1, -0.05) is 19.1 Å². The van der Waals surface area contributed by atoms with Gasteiger partial charge < -0.3 is 9.32 Å². The fourth-order valence-corrected chi connectivity index (χ4v) is 4.44. The molecule has 2 aliphatic heterocycles. The summed E-state index contributed by atoms with van der Waals surface area (Å²) in [5, 5.41) is 10.5. The molecular weight excluding hydrogens is 434 g/mol. The van der Waals surface area contributed by atoms with Crippen LogP contribution >= 0.6 is 11.8 Å².